The molecule has 0 amide bonds. The summed E-state index contributed by atoms with van der Waals surface area (Å²) in [5.74, 6) is 0.135. The molecule has 0 aliphatic rings. The van der Waals surface area contributed by atoms with Crippen LogP contribution in [-0.4, -0.2) is 5.97 Å². The summed E-state index contributed by atoms with van der Waals surface area (Å²) >= 11 is 0. The molecule has 0 fully saturated rings. The van der Waals surface area contributed by atoms with Crippen LogP contribution < -0.4 is 4.74 Å². The molecule has 0 unspecified atom stereocenters. The van der Waals surface area contributed by atoms with E-state index in [1.807, 2.05) is 30.3 Å². The summed E-state index contributed by atoms with van der Waals surface area (Å²) in [6.07, 6.45) is 1.78. The zero-order chi connectivity index (χ0) is 13.1. The molecule has 0 N–H and O–H groups in total. The number of rotatable bonds is 3. The molecule has 2 nitrogen and oxygen atoms in total. The summed E-state index contributed by atoms with van der Waals surface area (Å²) in [7, 11) is 0. The maximum Gasteiger partial charge on any atom is 0.338 e. The number of fused-ring (bicyclic) bond motifs is 1. The Kier molecular flexibility index (Phi) is 3.28. The lowest BCUT2D eigenvalue weighted by Gasteiger charge is -2.09. The smallest absolute Gasteiger partial charge is 0.338 e. The van der Waals surface area contributed by atoms with E-state index >= 15 is 0 Å². The number of carbonyl (C=O) groups is 1. The van der Waals surface area contributed by atoms with Gasteiger partial charge in [0, 0.05) is 11.0 Å². The molecule has 0 aromatic heterocycles. The molecule has 0 atom stereocenters. The van der Waals surface area contributed by atoms with Crippen LogP contribution in [0.25, 0.3) is 16.8 Å². The van der Waals surface area contributed by atoms with Crippen LogP contribution in [-0.2, 0) is 4.79 Å². The molecule has 2 rings (SSSR count). The van der Waals surface area contributed by atoms with Gasteiger partial charge >= 0.3 is 5.97 Å². The van der Waals surface area contributed by atoms with E-state index in [9.17, 15) is 4.79 Å². The maximum absolute atomic E-state index is 11.6. The van der Waals surface area contributed by atoms with Gasteiger partial charge in [0.25, 0.3) is 0 Å². The van der Waals surface area contributed by atoms with Crippen LogP contribution in [0.2, 0.25) is 0 Å². The van der Waals surface area contributed by atoms with Crippen LogP contribution >= 0.6 is 0 Å². The first-order valence-electron chi connectivity index (χ1n) is 5.65. The molecule has 18 heavy (non-hydrogen) atoms. The van der Waals surface area contributed by atoms with Gasteiger partial charge in [-0.25, -0.2) is 4.79 Å². The van der Waals surface area contributed by atoms with E-state index in [0.717, 1.165) is 16.3 Å². The average Bonchev–Trinajstić information content (AvgIpc) is 2.39. The van der Waals surface area contributed by atoms with Gasteiger partial charge in [0.1, 0.15) is 5.75 Å². The van der Waals surface area contributed by atoms with Crippen molar-refractivity contribution < 1.29 is 9.53 Å². The first-order valence-corrected chi connectivity index (χ1v) is 5.65. The van der Waals surface area contributed by atoms with Gasteiger partial charge in [-0.3, -0.25) is 0 Å². The highest BCUT2D eigenvalue weighted by molar-refractivity contribution is 5.97. The summed E-state index contributed by atoms with van der Waals surface area (Å²) in [4.78, 5) is 11.6. The average molecular weight is 238 g/mol. The predicted molar refractivity (Wildman–Crippen MR) is 74.5 cm³/mol. The van der Waals surface area contributed by atoms with Crippen LogP contribution in [0, 0.1) is 0 Å². The van der Waals surface area contributed by atoms with Crippen molar-refractivity contribution in [2.24, 2.45) is 0 Å². The van der Waals surface area contributed by atoms with E-state index in [2.05, 4.69) is 13.2 Å². The predicted octanol–water partition coefficient (Wildman–Crippen LogP) is 3.96. The van der Waals surface area contributed by atoms with E-state index in [-0.39, 0.29) is 0 Å². The molecule has 2 aromatic rings. The molecule has 0 saturated carbocycles. The minimum atomic E-state index is -0.411. The Labute approximate surface area is 106 Å². The molecule has 0 spiro atoms. The van der Waals surface area contributed by atoms with E-state index in [1.54, 1.807) is 19.1 Å². The third-order valence-electron chi connectivity index (χ3n) is 2.69. The second-order valence-corrected chi connectivity index (χ2v) is 4.07. The Morgan fingerprint density at radius 2 is 1.83 bits per heavy atom. The van der Waals surface area contributed by atoms with Crippen molar-refractivity contribution >= 4 is 22.8 Å². The number of esters is 1. The summed E-state index contributed by atoms with van der Waals surface area (Å²) < 4.78 is 5.32. The Bertz CT molecular complexity index is 639. The van der Waals surface area contributed by atoms with Crippen LogP contribution in [0.15, 0.2) is 55.1 Å². The number of carbonyl (C=O) groups excluding carboxylic acids is 1. The molecule has 0 radical (unpaired) electrons. The van der Waals surface area contributed by atoms with Crippen molar-refractivity contribution in [3.8, 4) is 5.75 Å². The highest BCUT2D eigenvalue weighted by atomic mass is 16.5. The number of hydrogen-bond donors (Lipinski definition) is 0. The first kappa shape index (κ1) is 12.1. The SMILES string of the molecule is C=Cc1ccc(OC(=O)C(=C)C)c2ccccc12. The Morgan fingerprint density at radius 1 is 1.17 bits per heavy atom. The standard InChI is InChI=1S/C16H14O2/c1-4-12-9-10-15(18-16(17)11(2)3)14-8-6-5-7-13(12)14/h4-10H,1-2H2,3H3. The Morgan fingerprint density at radius 3 is 2.44 bits per heavy atom. The van der Waals surface area contributed by atoms with E-state index in [1.165, 1.54) is 0 Å². The van der Waals surface area contributed by atoms with Gasteiger partial charge in [-0.15, -0.1) is 0 Å². The number of hydrogen-bond acceptors (Lipinski definition) is 2. The zero-order valence-electron chi connectivity index (χ0n) is 10.3. The fraction of sp³-hybridized carbons (Fsp3) is 0.0625. The molecular weight excluding hydrogens is 224 g/mol. The minimum absolute atomic E-state index is 0.381. The van der Waals surface area contributed by atoms with E-state index < -0.39 is 5.97 Å². The summed E-state index contributed by atoms with van der Waals surface area (Å²) in [6, 6.07) is 11.4. The maximum atomic E-state index is 11.6. The van der Waals surface area contributed by atoms with Crippen molar-refractivity contribution in [1.82, 2.24) is 0 Å². The van der Waals surface area contributed by atoms with E-state index in [4.69, 9.17) is 4.74 Å². The highest BCUT2D eigenvalue weighted by Crippen LogP contribution is 2.29. The quantitative estimate of drug-likeness (QED) is 0.459. The van der Waals surface area contributed by atoms with Crippen molar-refractivity contribution in [1.29, 1.82) is 0 Å². The summed E-state index contributed by atoms with van der Waals surface area (Å²) in [6.45, 7) is 8.98. The molecule has 0 heterocycles. The van der Waals surface area contributed by atoms with Crippen molar-refractivity contribution in [2.45, 2.75) is 6.92 Å². The number of benzene rings is 2. The lowest BCUT2D eigenvalue weighted by Crippen LogP contribution is -2.08. The van der Waals surface area contributed by atoms with Crippen molar-refractivity contribution in [3.63, 3.8) is 0 Å². The third kappa shape index (κ3) is 2.18. The molecule has 2 aromatic carbocycles. The van der Waals surface area contributed by atoms with E-state index in [0.29, 0.717) is 11.3 Å². The largest absolute Gasteiger partial charge is 0.423 e. The second-order valence-electron chi connectivity index (χ2n) is 4.07. The summed E-state index contributed by atoms with van der Waals surface area (Å²) in [5, 5.41) is 1.91. The normalized spacial score (nSPS) is 10.1. The lowest BCUT2D eigenvalue weighted by atomic mass is 10.0. The van der Waals surface area contributed by atoms with Gasteiger partial charge in [-0.2, -0.15) is 0 Å². The van der Waals surface area contributed by atoms with Crippen LogP contribution in [0.1, 0.15) is 12.5 Å². The van der Waals surface area contributed by atoms with Gasteiger partial charge in [0.15, 0.2) is 0 Å². The fourth-order valence-electron chi connectivity index (χ4n) is 1.75. The monoisotopic (exact) mass is 238 g/mol. The van der Waals surface area contributed by atoms with Gasteiger partial charge in [-0.05, 0) is 23.9 Å². The number of ether oxygens (including phenoxy) is 1. The molecule has 0 bridgehead atoms. The second kappa shape index (κ2) is 4.88. The minimum Gasteiger partial charge on any atom is -0.423 e. The summed E-state index contributed by atoms with van der Waals surface area (Å²) in [5.41, 5.74) is 1.40. The first-order chi connectivity index (χ1) is 8.63. The molecule has 90 valence electrons. The molecule has 0 aliphatic heterocycles. The Hall–Kier alpha value is -2.35. The zero-order valence-corrected chi connectivity index (χ0v) is 10.3. The Balaban J connectivity index is 2.56. The molecule has 0 aliphatic carbocycles. The van der Waals surface area contributed by atoms with Crippen LogP contribution in [0.5, 0.6) is 5.75 Å². The molecular formula is C16H14O2. The molecule has 2 heteroatoms. The fourth-order valence-corrected chi connectivity index (χ4v) is 1.75. The van der Waals surface area contributed by atoms with Crippen LogP contribution in [0.4, 0.5) is 0 Å². The van der Waals surface area contributed by atoms with Gasteiger partial charge in [0.05, 0.1) is 0 Å². The van der Waals surface area contributed by atoms with Crippen molar-refractivity contribution in [2.75, 3.05) is 0 Å². The van der Waals surface area contributed by atoms with Gasteiger partial charge < -0.3 is 4.74 Å². The van der Waals surface area contributed by atoms with Crippen LogP contribution in [0.3, 0.4) is 0 Å². The lowest BCUT2D eigenvalue weighted by molar-refractivity contribution is -0.129. The highest BCUT2D eigenvalue weighted by Gasteiger charge is 2.09. The topological polar surface area (TPSA) is 26.3 Å². The van der Waals surface area contributed by atoms with Gasteiger partial charge in [0.2, 0.25) is 0 Å². The third-order valence-corrected chi connectivity index (χ3v) is 2.69. The van der Waals surface area contributed by atoms with Gasteiger partial charge in [-0.1, -0.05) is 49.6 Å². The van der Waals surface area contributed by atoms with Crippen molar-refractivity contribution in [3.05, 3.63) is 60.7 Å². The molecule has 0 saturated heterocycles.